The van der Waals surface area contributed by atoms with Crippen LogP contribution in [0.4, 0.5) is 0 Å². The largest absolute Gasteiger partial charge is 0.491 e. The molecule has 18 heavy (non-hydrogen) atoms. The van der Waals surface area contributed by atoms with Crippen LogP contribution in [0, 0.1) is 13.8 Å². The summed E-state index contributed by atoms with van der Waals surface area (Å²) in [6.07, 6.45) is 2.58. The number of para-hydroxylation sites is 1. The number of nitrogens with two attached hydrogens (primary N) is 1. The third-order valence-corrected chi connectivity index (χ3v) is 3.76. The third-order valence-electron chi connectivity index (χ3n) is 3.76. The lowest BCUT2D eigenvalue weighted by Crippen LogP contribution is -2.43. The fourth-order valence-corrected chi connectivity index (χ4v) is 2.64. The van der Waals surface area contributed by atoms with Crippen LogP contribution in [0.2, 0.25) is 0 Å². The average molecular weight is 248 g/mol. The summed E-state index contributed by atoms with van der Waals surface area (Å²) < 4.78 is 6.01. The maximum absolute atomic E-state index is 6.01. The lowest BCUT2D eigenvalue weighted by Gasteiger charge is -2.26. The van der Waals surface area contributed by atoms with Gasteiger partial charge >= 0.3 is 0 Å². The van der Waals surface area contributed by atoms with Crippen molar-refractivity contribution < 1.29 is 4.74 Å². The third kappa shape index (κ3) is 3.03. The predicted octanol–water partition coefficient (Wildman–Crippen LogP) is 2.11. The molecule has 1 fully saturated rings. The highest BCUT2D eigenvalue weighted by Gasteiger charge is 2.21. The van der Waals surface area contributed by atoms with E-state index in [9.17, 15) is 0 Å². The van der Waals surface area contributed by atoms with Gasteiger partial charge in [-0.1, -0.05) is 18.2 Å². The minimum Gasteiger partial charge on any atom is -0.491 e. The SMILES string of the molecule is Cc1cccc(C)c1OCC(CN)N1CCCC1. The highest BCUT2D eigenvalue weighted by Crippen LogP contribution is 2.23. The van der Waals surface area contributed by atoms with Crippen molar-refractivity contribution in [2.24, 2.45) is 5.73 Å². The van der Waals surface area contributed by atoms with E-state index in [-0.39, 0.29) is 0 Å². The van der Waals surface area contributed by atoms with Crippen LogP contribution in [0.5, 0.6) is 5.75 Å². The molecular weight excluding hydrogens is 224 g/mol. The Balaban J connectivity index is 1.97. The van der Waals surface area contributed by atoms with Gasteiger partial charge < -0.3 is 10.5 Å². The second-order valence-electron chi connectivity index (χ2n) is 5.16. The molecule has 0 aliphatic carbocycles. The number of aryl methyl sites for hydroxylation is 2. The molecule has 2 N–H and O–H groups in total. The van der Waals surface area contributed by atoms with E-state index < -0.39 is 0 Å². The van der Waals surface area contributed by atoms with Crippen LogP contribution in [0.1, 0.15) is 24.0 Å². The standard InChI is InChI=1S/C15H24N2O/c1-12-6-5-7-13(2)15(12)18-11-14(10-16)17-8-3-4-9-17/h5-7,14H,3-4,8-11,16H2,1-2H3. The van der Waals surface area contributed by atoms with E-state index in [1.165, 1.54) is 24.0 Å². The fraction of sp³-hybridized carbons (Fsp3) is 0.600. The van der Waals surface area contributed by atoms with E-state index >= 15 is 0 Å². The molecule has 1 aliphatic heterocycles. The Labute approximate surface area is 110 Å². The molecular formula is C15H24N2O. The summed E-state index contributed by atoms with van der Waals surface area (Å²) in [6.45, 7) is 7.88. The zero-order valence-corrected chi connectivity index (χ0v) is 11.5. The molecule has 0 saturated carbocycles. The summed E-state index contributed by atoms with van der Waals surface area (Å²) in [4.78, 5) is 2.45. The molecule has 1 heterocycles. The molecule has 1 aromatic rings. The quantitative estimate of drug-likeness (QED) is 0.867. The van der Waals surface area contributed by atoms with Crippen molar-refractivity contribution in [2.45, 2.75) is 32.7 Å². The second-order valence-corrected chi connectivity index (χ2v) is 5.16. The predicted molar refractivity (Wildman–Crippen MR) is 75.1 cm³/mol. The first-order valence-corrected chi connectivity index (χ1v) is 6.85. The van der Waals surface area contributed by atoms with Crippen molar-refractivity contribution in [1.29, 1.82) is 0 Å². The summed E-state index contributed by atoms with van der Waals surface area (Å²) in [5.74, 6) is 1.02. The van der Waals surface area contributed by atoms with Gasteiger partial charge in [-0.05, 0) is 50.9 Å². The molecule has 100 valence electrons. The lowest BCUT2D eigenvalue weighted by molar-refractivity contribution is 0.163. The van der Waals surface area contributed by atoms with E-state index in [1.807, 2.05) is 0 Å². The first kappa shape index (κ1) is 13.4. The van der Waals surface area contributed by atoms with E-state index in [2.05, 4.69) is 36.9 Å². The Bertz CT molecular complexity index is 366. The molecule has 1 aromatic carbocycles. The summed E-state index contributed by atoms with van der Waals surface area (Å²) in [7, 11) is 0. The van der Waals surface area contributed by atoms with E-state index in [0.29, 0.717) is 19.2 Å². The van der Waals surface area contributed by atoms with Crippen molar-refractivity contribution in [1.82, 2.24) is 4.90 Å². The van der Waals surface area contributed by atoms with Crippen LogP contribution >= 0.6 is 0 Å². The van der Waals surface area contributed by atoms with Crippen LogP contribution < -0.4 is 10.5 Å². The van der Waals surface area contributed by atoms with Crippen molar-refractivity contribution in [2.75, 3.05) is 26.2 Å². The van der Waals surface area contributed by atoms with E-state index in [1.54, 1.807) is 0 Å². The smallest absolute Gasteiger partial charge is 0.125 e. The van der Waals surface area contributed by atoms with Gasteiger partial charge in [0.05, 0.1) is 6.04 Å². The van der Waals surface area contributed by atoms with Gasteiger partial charge in [-0.15, -0.1) is 0 Å². The monoisotopic (exact) mass is 248 g/mol. The maximum Gasteiger partial charge on any atom is 0.125 e. The number of nitrogens with zero attached hydrogens (tertiary/aromatic N) is 1. The molecule has 2 rings (SSSR count). The molecule has 0 radical (unpaired) electrons. The molecule has 3 heteroatoms. The number of hydrogen-bond donors (Lipinski definition) is 1. The summed E-state index contributed by atoms with van der Waals surface area (Å²) >= 11 is 0. The zero-order valence-electron chi connectivity index (χ0n) is 11.5. The molecule has 0 aromatic heterocycles. The van der Waals surface area contributed by atoms with Crippen LogP contribution in [0.3, 0.4) is 0 Å². The molecule has 1 aliphatic rings. The average Bonchev–Trinajstić information content (AvgIpc) is 2.87. The number of ether oxygens (including phenoxy) is 1. The van der Waals surface area contributed by atoms with Crippen molar-refractivity contribution in [3.63, 3.8) is 0 Å². The fourth-order valence-electron chi connectivity index (χ4n) is 2.64. The van der Waals surface area contributed by atoms with Crippen LogP contribution in [0.25, 0.3) is 0 Å². The van der Waals surface area contributed by atoms with Crippen LogP contribution in [0.15, 0.2) is 18.2 Å². The summed E-state index contributed by atoms with van der Waals surface area (Å²) in [5.41, 5.74) is 8.27. The van der Waals surface area contributed by atoms with Gasteiger partial charge in [-0.25, -0.2) is 0 Å². The minimum atomic E-state index is 0.353. The van der Waals surface area contributed by atoms with Crippen molar-refractivity contribution >= 4 is 0 Å². The van der Waals surface area contributed by atoms with Crippen molar-refractivity contribution in [3.05, 3.63) is 29.3 Å². The number of rotatable bonds is 5. The molecule has 0 spiro atoms. The number of benzene rings is 1. The van der Waals surface area contributed by atoms with Gasteiger partial charge in [-0.2, -0.15) is 0 Å². The Hall–Kier alpha value is -1.06. The summed E-state index contributed by atoms with van der Waals surface area (Å²) in [6, 6.07) is 6.61. The van der Waals surface area contributed by atoms with Gasteiger partial charge in [0.25, 0.3) is 0 Å². The Morgan fingerprint density at radius 1 is 1.22 bits per heavy atom. The van der Waals surface area contributed by atoms with Crippen LogP contribution in [-0.4, -0.2) is 37.2 Å². The Morgan fingerprint density at radius 2 is 1.83 bits per heavy atom. The first-order chi connectivity index (χ1) is 8.72. The first-order valence-electron chi connectivity index (χ1n) is 6.85. The Kier molecular flexibility index (Phi) is 4.61. The molecule has 1 saturated heterocycles. The second kappa shape index (κ2) is 6.21. The normalized spacial score (nSPS) is 17.9. The van der Waals surface area contributed by atoms with E-state index in [4.69, 9.17) is 10.5 Å². The summed E-state index contributed by atoms with van der Waals surface area (Å²) in [5, 5.41) is 0. The van der Waals surface area contributed by atoms with Gasteiger partial charge in [0.2, 0.25) is 0 Å². The van der Waals surface area contributed by atoms with Crippen LogP contribution in [-0.2, 0) is 0 Å². The van der Waals surface area contributed by atoms with E-state index in [0.717, 1.165) is 18.8 Å². The van der Waals surface area contributed by atoms with Gasteiger partial charge in [0.15, 0.2) is 0 Å². The molecule has 0 amide bonds. The highest BCUT2D eigenvalue weighted by molar-refractivity contribution is 5.39. The highest BCUT2D eigenvalue weighted by atomic mass is 16.5. The van der Waals surface area contributed by atoms with Gasteiger partial charge in [0, 0.05) is 6.54 Å². The number of likely N-dealkylation sites (tertiary alicyclic amines) is 1. The van der Waals surface area contributed by atoms with Gasteiger partial charge in [0.1, 0.15) is 12.4 Å². The topological polar surface area (TPSA) is 38.5 Å². The van der Waals surface area contributed by atoms with Gasteiger partial charge in [-0.3, -0.25) is 4.90 Å². The molecule has 3 nitrogen and oxygen atoms in total. The zero-order chi connectivity index (χ0) is 13.0. The lowest BCUT2D eigenvalue weighted by atomic mass is 10.1. The molecule has 0 bridgehead atoms. The number of hydrogen-bond acceptors (Lipinski definition) is 3. The Morgan fingerprint density at radius 3 is 2.39 bits per heavy atom. The maximum atomic E-state index is 6.01. The van der Waals surface area contributed by atoms with Crippen molar-refractivity contribution in [3.8, 4) is 5.75 Å². The molecule has 1 unspecified atom stereocenters. The molecule has 1 atom stereocenters. The minimum absolute atomic E-state index is 0.353.